The van der Waals surface area contributed by atoms with E-state index in [1.54, 1.807) is 6.26 Å². The lowest BCUT2D eigenvalue weighted by molar-refractivity contribution is 0.580. The van der Waals surface area contributed by atoms with Gasteiger partial charge in [0.15, 0.2) is 0 Å². The van der Waals surface area contributed by atoms with Crippen LogP contribution in [0.2, 0.25) is 0 Å². The van der Waals surface area contributed by atoms with Gasteiger partial charge in [-0.25, -0.2) is 0 Å². The van der Waals surface area contributed by atoms with Crippen LogP contribution >= 0.6 is 15.9 Å². The van der Waals surface area contributed by atoms with Crippen LogP contribution < -0.4 is 5.32 Å². The predicted molar refractivity (Wildman–Crippen MR) is 78.6 cm³/mol. The summed E-state index contributed by atoms with van der Waals surface area (Å²) in [7, 11) is 0. The largest absolute Gasteiger partial charge is 0.463 e. The van der Waals surface area contributed by atoms with Gasteiger partial charge in [0.05, 0.1) is 10.7 Å². The van der Waals surface area contributed by atoms with E-state index < -0.39 is 0 Å². The van der Waals surface area contributed by atoms with Gasteiger partial charge in [0.1, 0.15) is 5.76 Å². The smallest absolute Gasteiger partial charge is 0.148 e. The molecule has 0 saturated carbocycles. The molecule has 0 aliphatic rings. The van der Waals surface area contributed by atoms with Crippen LogP contribution in [0.15, 0.2) is 39.4 Å². The van der Waals surface area contributed by atoms with Crippen LogP contribution in [-0.4, -0.2) is 6.54 Å². The first-order valence-electron chi connectivity index (χ1n) is 6.26. The maximum absolute atomic E-state index is 5.54. The van der Waals surface area contributed by atoms with E-state index in [1.807, 2.05) is 6.07 Å². The fraction of sp³-hybridized carbons (Fsp3) is 0.333. The summed E-state index contributed by atoms with van der Waals surface area (Å²) in [6.45, 7) is 6.23. The van der Waals surface area contributed by atoms with E-state index in [9.17, 15) is 0 Å². The van der Waals surface area contributed by atoms with Crippen LogP contribution in [0.1, 0.15) is 24.5 Å². The fourth-order valence-electron chi connectivity index (χ4n) is 1.92. The molecule has 0 bridgehead atoms. The molecule has 3 heteroatoms. The highest BCUT2D eigenvalue weighted by Gasteiger charge is 2.10. The normalized spacial score (nSPS) is 10.8. The molecular formula is C15H18BrNO. The zero-order valence-electron chi connectivity index (χ0n) is 10.8. The number of hydrogen-bond acceptors (Lipinski definition) is 2. The zero-order chi connectivity index (χ0) is 13.0. The van der Waals surface area contributed by atoms with Crippen LogP contribution in [0.5, 0.6) is 0 Å². The van der Waals surface area contributed by atoms with E-state index in [2.05, 4.69) is 53.3 Å². The molecular weight excluding hydrogens is 290 g/mol. The third-order valence-electron chi connectivity index (χ3n) is 2.92. The monoisotopic (exact) mass is 307 g/mol. The Labute approximate surface area is 117 Å². The highest BCUT2D eigenvalue weighted by Crippen LogP contribution is 2.32. The second kappa shape index (κ2) is 6.21. The first-order chi connectivity index (χ1) is 8.72. The second-order valence-corrected chi connectivity index (χ2v) is 5.28. The van der Waals surface area contributed by atoms with Gasteiger partial charge < -0.3 is 9.73 Å². The molecule has 0 aliphatic heterocycles. The maximum Gasteiger partial charge on any atom is 0.148 e. The number of nitrogens with one attached hydrogen (secondary N) is 1. The minimum absolute atomic E-state index is 0.902. The van der Waals surface area contributed by atoms with Crippen LogP contribution in [0.25, 0.3) is 11.3 Å². The van der Waals surface area contributed by atoms with E-state index in [-0.39, 0.29) is 0 Å². The lowest BCUT2D eigenvalue weighted by Crippen LogP contribution is -2.13. The van der Waals surface area contributed by atoms with Gasteiger partial charge in [-0.2, -0.15) is 0 Å². The molecule has 0 aliphatic carbocycles. The first kappa shape index (κ1) is 13.4. The van der Waals surface area contributed by atoms with Crippen LogP contribution in [-0.2, 0) is 6.54 Å². The summed E-state index contributed by atoms with van der Waals surface area (Å²) in [6, 6.07) is 8.43. The topological polar surface area (TPSA) is 25.2 Å². The Morgan fingerprint density at radius 3 is 2.78 bits per heavy atom. The Balaban J connectivity index is 2.25. The van der Waals surface area contributed by atoms with E-state index in [4.69, 9.17) is 4.42 Å². The summed E-state index contributed by atoms with van der Waals surface area (Å²) in [5.74, 6) is 0.907. The minimum atomic E-state index is 0.902. The molecule has 0 radical (unpaired) electrons. The fourth-order valence-corrected chi connectivity index (χ4v) is 2.33. The summed E-state index contributed by atoms with van der Waals surface area (Å²) in [5.41, 5.74) is 3.67. The van der Waals surface area contributed by atoms with Crippen molar-refractivity contribution in [2.24, 2.45) is 0 Å². The van der Waals surface area contributed by atoms with E-state index in [0.717, 1.165) is 35.3 Å². The maximum atomic E-state index is 5.54. The summed E-state index contributed by atoms with van der Waals surface area (Å²) < 4.78 is 6.55. The van der Waals surface area contributed by atoms with Gasteiger partial charge in [0, 0.05) is 12.1 Å². The summed E-state index contributed by atoms with van der Waals surface area (Å²) in [5, 5.41) is 3.42. The average molecular weight is 308 g/mol. The molecule has 0 atom stereocenters. The van der Waals surface area contributed by atoms with Crippen LogP contribution in [0.3, 0.4) is 0 Å². The number of rotatable bonds is 5. The molecule has 1 aromatic carbocycles. The van der Waals surface area contributed by atoms with Gasteiger partial charge in [-0.05, 0) is 59.1 Å². The number of benzene rings is 1. The Hall–Kier alpha value is -1.06. The van der Waals surface area contributed by atoms with Crippen molar-refractivity contribution in [2.45, 2.75) is 26.8 Å². The number of halogens is 1. The minimum Gasteiger partial charge on any atom is -0.463 e. The molecule has 0 fully saturated rings. The molecule has 18 heavy (non-hydrogen) atoms. The second-order valence-electron chi connectivity index (χ2n) is 4.42. The molecule has 1 heterocycles. The van der Waals surface area contributed by atoms with Crippen molar-refractivity contribution < 1.29 is 4.42 Å². The molecule has 0 saturated heterocycles. The van der Waals surface area contributed by atoms with Gasteiger partial charge in [0.25, 0.3) is 0 Å². The number of aryl methyl sites for hydroxylation is 1. The molecule has 0 spiro atoms. The third kappa shape index (κ3) is 3.03. The molecule has 1 aromatic heterocycles. The molecule has 2 nitrogen and oxygen atoms in total. The standard InChI is InChI=1S/C15H18BrNO/c1-3-7-17-10-12-5-4-11(2)13(9-12)15-14(16)6-8-18-15/h4-6,8-9,17H,3,7,10H2,1-2H3. The molecule has 1 N–H and O–H groups in total. The summed E-state index contributed by atoms with van der Waals surface area (Å²) in [4.78, 5) is 0. The lowest BCUT2D eigenvalue weighted by Gasteiger charge is -2.08. The molecule has 2 rings (SSSR count). The van der Waals surface area contributed by atoms with Crippen molar-refractivity contribution in [1.82, 2.24) is 5.32 Å². The highest BCUT2D eigenvalue weighted by atomic mass is 79.9. The van der Waals surface area contributed by atoms with Crippen molar-refractivity contribution in [3.63, 3.8) is 0 Å². The summed E-state index contributed by atoms with van der Waals surface area (Å²) >= 11 is 3.52. The molecule has 0 unspecified atom stereocenters. The average Bonchev–Trinajstić information content (AvgIpc) is 2.78. The highest BCUT2D eigenvalue weighted by molar-refractivity contribution is 9.10. The Kier molecular flexibility index (Phi) is 4.61. The Bertz CT molecular complexity index is 519. The van der Waals surface area contributed by atoms with Gasteiger partial charge in [-0.15, -0.1) is 0 Å². The predicted octanol–water partition coefficient (Wildman–Crippen LogP) is 4.52. The van der Waals surface area contributed by atoms with Crippen molar-refractivity contribution in [3.05, 3.63) is 46.1 Å². The Morgan fingerprint density at radius 2 is 2.11 bits per heavy atom. The molecule has 0 amide bonds. The van der Waals surface area contributed by atoms with Crippen molar-refractivity contribution in [3.8, 4) is 11.3 Å². The van der Waals surface area contributed by atoms with Gasteiger partial charge in [-0.3, -0.25) is 0 Å². The van der Waals surface area contributed by atoms with Gasteiger partial charge >= 0.3 is 0 Å². The molecule has 2 aromatic rings. The SMILES string of the molecule is CCCNCc1ccc(C)c(-c2occc2Br)c1. The Morgan fingerprint density at radius 1 is 1.28 bits per heavy atom. The van der Waals surface area contributed by atoms with Crippen molar-refractivity contribution in [2.75, 3.05) is 6.54 Å². The molecule has 96 valence electrons. The summed E-state index contributed by atoms with van der Waals surface area (Å²) in [6.07, 6.45) is 2.86. The van der Waals surface area contributed by atoms with E-state index in [0.29, 0.717) is 0 Å². The number of hydrogen-bond donors (Lipinski definition) is 1. The first-order valence-corrected chi connectivity index (χ1v) is 7.05. The lowest BCUT2D eigenvalue weighted by atomic mass is 10.0. The third-order valence-corrected chi connectivity index (χ3v) is 3.54. The van der Waals surface area contributed by atoms with Crippen molar-refractivity contribution >= 4 is 15.9 Å². The quantitative estimate of drug-likeness (QED) is 0.822. The van der Waals surface area contributed by atoms with Crippen molar-refractivity contribution in [1.29, 1.82) is 0 Å². The van der Waals surface area contributed by atoms with Crippen LogP contribution in [0.4, 0.5) is 0 Å². The van der Waals surface area contributed by atoms with Gasteiger partial charge in [-0.1, -0.05) is 19.1 Å². The number of furan rings is 1. The van der Waals surface area contributed by atoms with E-state index >= 15 is 0 Å². The zero-order valence-corrected chi connectivity index (χ0v) is 12.4. The van der Waals surface area contributed by atoms with Crippen LogP contribution in [0, 0.1) is 6.92 Å². The van der Waals surface area contributed by atoms with E-state index in [1.165, 1.54) is 11.1 Å². The van der Waals surface area contributed by atoms with Gasteiger partial charge in [0.2, 0.25) is 0 Å².